The Bertz CT molecular complexity index is 891. The molecule has 0 bridgehead atoms. The van der Waals surface area contributed by atoms with E-state index in [1.165, 1.54) is 0 Å². The average Bonchev–Trinajstić information content (AvgIpc) is 2.61. The first kappa shape index (κ1) is 22.5. The number of carbonyl (C=O) groups is 3. The van der Waals surface area contributed by atoms with Crippen LogP contribution in [0.1, 0.15) is 22.3 Å². The number of hydrogen-bond acceptors (Lipinski definition) is 5. The lowest BCUT2D eigenvalue weighted by Gasteiger charge is -2.09. The fourth-order valence-electron chi connectivity index (χ4n) is 2.80. The van der Waals surface area contributed by atoms with Crippen molar-refractivity contribution in [1.29, 1.82) is 0 Å². The maximum absolute atomic E-state index is 12.0. The molecule has 0 aliphatic rings. The van der Waals surface area contributed by atoms with Crippen LogP contribution >= 0.6 is 11.8 Å². The number of thioether (sulfide) groups is 1. The zero-order valence-electron chi connectivity index (χ0n) is 17.1. The highest BCUT2D eigenvalue weighted by molar-refractivity contribution is 8.00. The van der Waals surface area contributed by atoms with Crippen LogP contribution in [0.25, 0.3) is 0 Å². The molecule has 2 aromatic carbocycles. The highest BCUT2D eigenvalue weighted by atomic mass is 32.2. The SMILES string of the molecule is Cc1cc(C)cc(NC(=O)COC(=O)CSCC(=O)Nc2ccc(C)cc2C)c1. The molecule has 0 saturated heterocycles. The number of aryl methyl sites for hydroxylation is 4. The lowest BCUT2D eigenvalue weighted by atomic mass is 10.1. The standard InChI is InChI=1S/C22H26N2O4S/c1-14-5-6-19(17(4)8-14)24-21(26)12-29-13-22(27)28-11-20(25)23-18-9-15(2)7-16(3)10-18/h5-10H,11-13H2,1-4H3,(H,23,25)(H,24,26). The molecule has 2 N–H and O–H groups in total. The third-order valence-corrected chi connectivity index (χ3v) is 4.88. The van der Waals surface area contributed by atoms with Crippen LogP contribution in [0.2, 0.25) is 0 Å². The smallest absolute Gasteiger partial charge is 0.316 e. The predicted octanol–water partition coefficient (Wildman–Crippen LogP) is 3.77. The van der Waals surface area contributed by atoms with E-state index in [0.29, 0.717) is 5.69 Å². The summed E-state index contributed by atoms with van der Waals surface area (Å²) < 4.78 is 4.97. The fourth-order valence-corrected chi connectivity index (χ4v) is 3.41. The molecule has 29 heavy (non-hydrogen) atoms. The first-order valence-corrected chi connectivity index (χ1v) is 10.4. The Morgan fingerprint density at radius 2 is 1.52 bits per heavy atom. The van der Waals surface area contributed by atoms with E-state index in [1.54, 1.807) is 0 Å². The molecule has 0 aliphatic heterocycles. The monoisotopic (exact) mass is 414 g/mol. The van der Waals surface area contributed by atoms with Crippen molar-refractivity contribution in [3.05, 3.63) is 58.7 Å². The molecule has 2 amide bonds. The fraction of sp³-hybridized carbons (Fsp3) is 0.318. The van der Waals surface area contributed by atoms with Crippen molar-refractivity contribution in [2.45, 2.75) is 27.7 Å². The van der Waals surface area contributed by atoms with E-state index in [4.69, 9.17) is 4.74 Å². The molecule has 2 aromatic rings. The minimum atomic E-state index is -0.537. The van der Waals surface area contributed by atoms with Gasteiger partial charge >= 0.3 is 5.97 Å². The van der Waals surface area contributed by atoms with Gasteiger partial charge in [0.1, 0.15) is 0 Å². The minimum absolute atomic E-state index is 0.00284. The summed E-state index contributed by atoms with van der Waals surface area (Å²) in [7, 11) is 0. The first-order valence-electron chi connectivity index (χ1n) is 9.21. The van der Waals surface area contributed by atoms with Crippen molar-refractivity contribution in [3.8, 4) is 0 Å². The molecule has 0 heterocycles. The van der Waals surface area contributed by atoms with E-state index < -0.39 is 11.9 Å². The number of anilines is 2. The summed E-state index contributed by atoms with van der Waals surface area (Å²) in [5.74, 6) is -1.01. The molecule has 0 saturated carbocycles. The van der Waals surface area contributed by atoms with Gasteiger partial charge < -0.3 is 15.4 Å². The van der Waals surface area contributed by atoms with E-state index in [0.717, 1.165) is 39.7 Å². The maximum atomic E-state index is 12.0. The van der Waals surface area contributed by atoms with Gasteiger partial charge in [0.05, 0.1) is 11.5 Å². The van der Waals surface area contributed by atoms with Crippen molar-refractivity contribution < 1.29 is 19.1 Å². The second-order valence-electron chi connectivity index (χ2n) is 6.94. The Morgan fingerprint density at radius 1 is 0.828 bits per heavy atom. The Hall–Kier alpha value is -2.80. The molecule has 0 unspecified atom stereocenters. The number of esters is 1. The molecule has 6 nitrogen and oxygen atoms in total. The van der Waals surface area contributed by atoms with Gasteiger partial charge in [0, 0.05) is 11.4 Å². The number of rotatable bonds is 8. The minimum Gasteiger partial charge on any atom is -0.455 e. The molecule has 0 aromatic heterocycles. The third kappa shape index (κ3) is 7.99. The molecule has 0 radical (unpaired) electrons. The number of nitrogens with one attached hydrogen (secondary N) is 2. The van der Waals surface area contributed by atoms with Crippen LogP contribution in [0.4, 0.5) is 11.4 Å². The van der Waals surface area contributed by atoms with Gasteiger partial charge in [-0.3, -0.25) is 14.4 Å². The summed E-state index contributed by atoms with van der Waals surface area (Å²) in [4.78, 5) is 35.7. The van der Waals surface area contributed by atoms with E-state index in [9.17, 15) is 14.4 Å². The third-order valence-electron chi connectivity index (χ3n) is 3.98. The van der Waals surface area contributed by atoms with Crippen molar-refractivity contribution >= 4 is 40.9 Å². The Labute approximate surface area is 175 Å². The molecular weight excluding hydrogens is 388 g/mol. The zero-order chi connectivity index (χ0) is 21.4. The summed E-state index contributed by atoms with van der Waals surface area (Å²) in [5.41, 5.74) is 5.60. The van der Waals surface area contributed by atoms with Gasteiger partial charge in [0.2, 0.25) is 5.91 Å². The van der Waals surface area contributed by atoms with E-state index in [1.807, 2.05) is 64.1 Å². The average molecular weight is 415 g/mol. The van der Waals surface area contributed by atoms with Crippen LogP contribution in [-0.2, 0) is 19.1 Å². The second-order valence-corrected chi connectivity index (χ2v) is 7.93. The van der Waals surface area contributed by atoms with Gasteiger partial charge in [-0.1, -0.05) is 23.8 Å². The van der Waals surface area contributed by atoms with Crippen molar-refractivity contribution in [1.82, 2.24) is 0 Å². The summed E-state index contributed by atoms with van der Waals surface area (Å²) >= 11 is 1.14. The Kier molecular flexibility index (Phi) is 8.27. The molecule has 154 valence electrons. The molecule has 7 heteroatoms. The number of hydrogen-bond donors (Lipinski definition) is 2. The highest BCUT2D eigenvalue weighted by Gasteiger charge is 2.11. The van der Waals surface area contributed by atoms with Gasteiger partial charge in [-0.25, -0.2) is 0 Å². The summed E-state index contributed by atoms with van der Waals surface area (Å²) in [6, 6.07) is 11.5. The van der Waals surface area contributed by atoms with E-state index >= 15 is 0 Å². The summed E-state index contributed by atoms with van der Waals surface area (Å²) in [6.45, 7) is 7.44. The summed E-state index contributed by atoms with van der Waals surface area (Å²) in [6.07, 6.45) is 0. The highest BCUT2D eigenvalue weighted by Crippen LogP contribution is 2.16. The lowest BCUT2D eigenvalue weighted by molar-refractivity contribution is -0.144. The van der Waals surface area contributed by atoms with Crippen LogP contribution in [0, 0.1) is 27.7 Å². The number of ether oxygens (including phenoxy) is 1. The Morgan fingerprint density at radius 3 is 2.17 bits per heavy atom. The second kappa shape index (κ2) is 10.7. The van der Waals surface area contributed by atoms with Crippen LogP contribution in [0.5, 0.6) is 0 Å². The molecule has 0 aliphatic carbocycles. The summed E-state index contributed by atoms with van der Waals surface area (Å²) in [5, 5.41) is 5.52. The normalized spacial score (nSPS) is 10.3. The van der Waals surface area contributed by atoms with Gasteiger partial charge in [0.25, 0.3) is 5.91 Å². The van der Waals surface area contributed by atoms with Gasteiger partial charge in [0.15, 0.2) is 6.61 Å². The maximum Gasteiger partial charge on any atom is 0.316 e. The molecular formula is C22H26N2O4S. The Balaban J connectivity index is 1.67. The lowest BCUT2D eigenvalue weighted by Crippen LogP contribution is -2.22. The zero-order valence-corrected chi connectivity index (χ0v) is 17.9. The first-order chi connectivity index (χ1) is 13.7. The molecule has 0 fully saturated rings. The van der Waals surface area contributed by atoms with Crippen LogP contribution in [-0.4, -0.2) is 35.9 Å². The van der Waals surface area contributed by atoms with Crippen LogP contribution in [0.15, 0.2) is 36.4 Å². The van der Waals surface area contributed by atoms with E-state index in [-0.39, 0.29) is 24.0 Å². The van der Waals surface area contributed by atoms with Gasteiger partial charge in [-0.05, 0) is 62.6 Å². The van der Waals surface area contributed by atoms with Crippen LogP contribution < -0.4 is 10.6 Å². The number of carbonyl (C=O) groups excluding carboxylic acids is 3. The molecule has 2 rings (SSSR count). The van der Waals surface area contributed by atoms with Crippen molar-refractivity contribution in [3.63, 3.8) is 0 Å². The van der Waals surface area contributed by atoms with Crippen LogP contribution in [0.3, 0.4) is 0 Å². The van der Waals surface area contributed by atoms with Crippen molar-refractivity contribution in [2.75, 3.05) is 28.7 Å². The van der Waals surface area contributed by atoms with E-state index in [2.05, 4.69) is 10.6 Å². The van der Waals surface area contributed by atoms with Gasteiger partial charge in [-0.15, -0.1) is 11.8 Å². The van der Waals surface area contributed by atoms with Crippen molar-refractivity contribution in [2.24, 2.45) is 0 Å². The topological polar surface area (TPSA) is 84.5 Å². The molecule has 0 spiro atoms. The predicted molar refractivity (Wildman–Crippen MR) is 117 cm³/mol. The largest absolute Gasteiger partial charge is 0.455 e. The molecule has 0 atom stereocenters. The quantitative estimate of drug-likeness (QED) is 0.642. The van der Waals surface area contributed by atoms with Gasteiger partial charge in [-0.2, -0.15) is 0 Å². The number of benzene rings is 2. The number of amides is 2.